The van der Waals surface area contributed by atoms with Gasteiger partial charge in [0.15, 0.2) is 0 Å². The predicted octanol–water partition coefficient (Wildman–Crippen LogP) is 7.12. The van der Waals surface area contributed by atoms with Crippen molar-refractivity contribution in [3.8, 4) is 0 Å². The molecule has 2 heterocycles. The van der Waals surface area contributed by atoms with Gasteiger partial charge < -0.3 is 9.32 Å². The van der Waals surface area contributed by atoms with E-state index in [9.17, 15) is 26.3 Å². The number of furan rings is 1. The lowest BCUT2D eigenvalue weighted by Crippen LogP contribution is -2.59. The molecule has 10 heteroatoms. The van der Waals surface area contributed by atoms with Crippen LogP contribution >= 0.6 is 0 Å². The minimum Gasteiger partial charge on any atom is -0.467 e. The third-order valence-corrected chi connectivity index (χ3v) is 6.34. The van der Waals surface area contributed by atoms with Crippen LogP contribution in [0, 0.1) is 5.92 Å². The minimum absolute atomic E-state index is 0.0227. The molecule has 184 valence electrons. The van der Waals surface area contributed by atoms with E-state index in [0.717, 1.165) is 32.1 Å². The van der Waals surface area contributed by atoms with Gasteiger partial charge in [0.25, 0.3) is 0 Å². The first-order valence-corrected chi connectivity index (χ1v) is 11.3. The van der Waals surface area contributed by atoms with E-state index in [0.29, 0.717) is 12.2 Å². The fourth-order valence-corrected chi connectivity index (χ4v) is 4.55. The molecule has 0 amide bonds. The minimum atomic E-state index is -5.77. The Labute approximate surface area is 193 Å². The van der Waals surface area contributed by atoms with E-state index in [2.05, 4.69) is 9.98 Å². The van der Waals surface area contributed by atoms with E-state index in [4.69, 9.17) is 4.42 Å². The van der Waals surface area contributed by atoms with Crippen molar-refractivity contribution in [2.75, 3.05) is 0 Å². The first kappa shape index (κ1) is 24.3. The summed E-state index contributed by atoms with van der Waals surface area (Å²) in [5.74, 6) is -0.0987. The number of aliphatic imine (C=N–C) groups is 2. The van der Waals surface area contributed by atoms with Crippen LogP contribution in [-0.4, -0.2) is 34.6 Å². The van der Waals surface area contributed by atoms with Crippen molar-refractivity contribution < 1.29 is 30.8 Å². The Morgan fingerprint density at radius 1 is 0.882 bits per heavy atom. The largest absolute Gasteiger partial charge is 0.467 e. The number of hydrogen-bond donors (Lipinski definition) is 0. The summed E-state index contributed by atoms with van der Waals surface area (Å²) in [6.45, 7) is -0.0873. The first-order chi connectivity index (χ1) is 16.1. The van der Waals surface area contributed by atoms with Gasteiger partial charge in [0.2, 0.25) is 0 Å². The van der Waals surface area contributed by atoms with Gasteiger partial charge in [-0.1, -0.05) is 62.4 Å². The van der Waals surface area contributed by atoms with Crippen LogP contribution in [0.2, 0.25) is 0 Å². The number of benzene rings is 1. The maximum Gasteiger partial charge on any atom is 0.443 e. The molecule has 0 bridgehead atoms. The highest BCUT2D eigenvalue weighted by molar-refractivity contribution is 6.10. The van der Waals surface area contributed by atoms with Crippen LogP contribution in [0.1, 0.15) is 56.3 Å². The number of nitrogens with zero attached hydrogens (tertiary/aromatic N) is 3. The maximum atomic E-state index is 14.1. The quantitative estimate of drug-likeness (QED) is 0.409. The molecule has 4 nitrogen and oxygen atoms in total. The molecule has 4 rings (SSSR count). The highest BCUT2D eigenvalue weighted by Crippen LogP contribution is 2.49. The van der Waals surface area contributed by atoms with E-state index in [1.54, 1.807) is 30.3 Å². The van der Waals surface area contributed by atoms with E-state index in [1.807, 2.05) is 0 Å². The average Bonchev–Trinajstić information content (AvgIpc) is 3.31. The van der Waals surface area contributed by atoms with E-state index < -0.39 is 23.9 Å². The van der Waals surface area contributed by atoms with Crippen LogP contribution < -0.4 is 0 Å². The van der Waals surface area contributed by atoms with Gasteiger partial charge in [-0.15, -0.1) is 0 Å². The second-order valence-corrected chi connectivity index (χ2v) is 8.71. The second-order valence-electron chi connectivity index (χ2n) is 8.71. The summed E-state index contributed by atoms with van der Waals surface area (Å²) in [7, 11) is 0. The Morgan fingerprint density at radius 2 is 1.56 bits per heavy atom. The Morgan fingerprint density at radius 3 is 2.15 bits per heavy atom. The normalized spacial score (nSPS) is 19.6. The zero-order valence-electron chi connectivity index (χ0n) is 18.4. The summed E-state index contributed by atoms with van der Waals surface area (Å²) in [5, 5.41) is 0. The van der Waals surface area contributed by atoms with Crippen LogP contribution in [0.3, 0.4) is 0 Å². The van der Waals surface area contributed by atoms with Gasteiger partial charge in [-0.2, -0.15) is 26.3 Å². The third kappa shape index (κ3) is 4.86. The third-order valence-electron chi connectivity index (χ3n) is 6.34. The van der Waals surface area contributed by atoms with Crippen molar-refractivity contribution in [2.24, 2.45) is 15.9 Å². The van der Waals surface area contributed by atoms with Gasteiger partial charge in [-0.05, 0) is 24.5 Å². The molecule has 1 aromatic carbocycles. The number of amidine groups is 2. The molecule has 1 saturated carbocycles. The van der Waals surface area contributed by atoms with Crippen LogP contribution in [-0.2, 0) is 6.54 Å². The van der Waals surface area contributed by atoms with Gasteiger partial charge in [-0.25, -0.2) is 9.98 Å². The summed E-state index contributed by atoms with van der Waals surface area (Å²) in [6, 6.07) is 10.8. The lowest BCUT2D eigenvalue weighted by atomic mass is 9.86. The van der Waals surface area contributed by atoms with E-state index in [1.165, 1.54) is 23.3 Å². The summed E-state index contributed by atoms with van der Waals surface area (Å²) in [5.41, 5.74) is -4.43. The Balaban J connectivity index is 1.82. The first-order valence-electron chi connectivity index (χ1n) is 11.3. The number of rotatable bonds is 6. The van der Waals surface area contributed by atoms with Crippen molar-refractivity contribution in [1.82, 2.24) is 4.90 Å². The highest BCUT2D eigenvalue weighted by Gasteiger charge is 2.73. The van der Waals surface area contributed by atoms with Crippen molar-refractivity contribution in [2.45, 2.75) is 69.5 Å². The molecule has 0 atom stereocenters. The molecule has 0 radical (unpaired) electrons. The molecule has 1 fully saturated rings. The lowest BCUT2D eigenvalue weighted by Gasteiger charge is -2.39. The van der Waals surface area contributed by atoms with Crippen LogP contribution in [0.25, 0.3) is 0 Å². The van der Waals surface area contributed by atoms with Crippen molar-refractivity contribution >= 4 is 11.7 Å². The Hall–Kier alpha value is -2.78. The van der Waals surface area contributed by atoms with Gasteiger partial charge in [0, 0.05) is 12.0 Å². The van der Waals surface area contributed by atoms with Gasteiger partial charge in [0.1, 0.15) is 17.4 Å². The molecule has 2 aromatic rings. The molecule has 34 heavy (non-hydrogen) atoms. The number of hydrogen-bond acceptors (Lipinski definition) is 4. The molecule has 2 aliphatic rings. The molecule has 0 spiro atoms. The Bertz CT molecular complexity index is 992. The van der Waals surface area contributed by atoms with Crippen molar-refractivity contribution in [3.05, 3.63) is 60.1 Å². The predicted molar refractivity (Wildman–Crippen MR) is 115 cm³/mol. The van der Waals surface area contributed by atoms with Crippen molar-refractivity contribution in [3.63, 3.8) is 0 Å². The lowest BCUT2D eigenvalue weighted by molar-refractivity contribution is -0.293. The highest BCUT2D eigenvalue weighted by atomic mass is 19.4. The monoisotopic (exact) mass is 485 g/mol. The fourth-order valence-electron chi connectivity index (χ4n) is 4.55. The van der Waals surface area contributed by atoms with Crippen LogP contribution in [0.15, 0.2) is 63.1 Å². The fraction of sp³-hybridized carbons (Fsp3) is 0.500. The maximum absolute atomic E-state index is 14.1. The van der Waals surface area contributed by atoms with Gasteiger partial charge in [-0.3, -0.25) is 0 Å². The number of alkyl halides is 6. The summed E-state index contributed by atoms with van der Waals surface area (Å²) >= 11 is 0. The molecule has 1 aromatic heterocycles. The second kappa shape index (κ2) is 9.46. The standard InChI is InChI=1S/C24H25F6N3O/c25-23(26,27)22(24(28,29)30)31-20(14-13-17-8-3-1-4-9-17)33(16-19-12-7-15-34-19)21(32-22)18-10-5-2-6-11-18/h2,5-7,10-12,15,17H,1,3-4,8-9,13-14,16H2. The number of halogens is 6. The molecule has 1 aliphatic carbocycles. The summed E-state index contributed by atoms with van der Waals surface area (Å²) in [6.07, 6.45) is -4.75. The van der Waals surface area contributed by atoms with Crippen LogP contribution in [0.4, 0.5) is 26.3 Å². The molecule has 0 N–H and O–H groups in total. The summed E-state index contributed by atoms with van der Waals surface area (Å²) in [4.78, 5) is 7.96. The zero-order valence-corrected chi connectivity index (χ0v) is 18.4. The Kier molecular flexibility index (Phi) is 6.78. The van der Waals surface area contributed by atoms with E-state index in [-0.39, 0.29) is 30.3 Å². The van der Waals surface area contributed by atoms with Gasteiger partial charge in [0.05, 0.1) is 12.8 Å². The van der Waals surface area contributed by atoms with E-state index >= 15 is 0 Å². The average molecular weight is 485 g/mol. The van der Waals surface area contributed by atoms with Gasteiger partial charge >= 0.3 is 18.0 Å². The topological polar surface area (TPSA) is 41.1 Å². The molecule has 1 aliphatic heterocycles. The van der Waals surface area contributed by atoms with Crippen molar-refractivity contribution in [1.29, 1.82) is 0 Å². The van der Waals surface area contributed by atoms with Crippen LogP contribution in [0.5, 0.6) is 0 Å². The molecular formula is C24H25F6N3O. The SMILES string of the molecule is FC(F)(F)C1(C(F)(F)F)N=C(CCC2CCCCC2)N(Cc2ccco2)C(c2ccccc2)=N1. The smallest absolute Gasteiger partial charge is 0.443 e. The molecule has 0 unspecified atom stereocenters. The summed E-state index contributed by atoms with van der Waals surface area (Å²) < 4.78 is 89.9. The molecule has 0 saturated heterocycles. The molecular weight excluding hydrogens is 460 g/mol. The zero-order chi connectivity index (χ0) is 24.4.